The Hall–Kier alpha value is -0.920. The van der Waals surface area contributed by atoms with E-state index in [1.165, 1.54) is 12.3 Å². The number of halogens is 2. The number of amides is 1. The predicted molar refractivity (Wildman–Crippen MR) is 83.9 cm³/mol. The van der Waals surface area contributed by atoms with Crippen molar-refractivity contribution < 1.29 is 13.9 Å². The summed E-state index contributed by atoms with van der Waals surface area (Å²) in [5.41, 5.74) is 0.387. The van der Waals surface area contributed by atoms with Crippen LogP contribution in [0.1, 0.15) is 46.2 Å². The fraction of sp³-hybridized carbons (Fsp3) is 0.571. The summed E-state index contributed by atoms with van der Waals surface area (Å²) in [6.07, 6.45) is 1.09. The minimum atomic E-state index is -0.524. The normalized spacial score (nSPS) is 12.9. The van der Waals surface area contributed by atoms with Gasteiger partial charge in [0.05, 0.1) is 12.6 Å². The minimum absolute atomic E-state index is 0.256. The molecule has 0 bridgehead atoms. The van der Waals surface area contributed by atoms with Gasteiger partial charge < -0.3 is 4.74 Å². The Morgan fingerprint density at radius 3 is 2.60 bits per heavy atom. The molecule has 0 saturated carbocycles. The van der Waals surface area contributed by atoms with E-state index in [9.17, 15) is 9.18 Å². The van der Waals surface area contributed by atoms with E-state index < -0.39 is 11.5 Å². The Morgan fingerprint density at radius 2 is 2.15 bits per heavy atom. The lowest BCUT2D eigenvalue weighted by Gasteiger charge is -2.39. The maximum Gasteiger partial charge on any atom is 0.410 e. The zero-order chi connectivity index (χ0) is 15.5. The fourth-order valence-electron chi connectivity index (χ4n) is 2.07. The van der Waals surface area contributed by atoms with E-state index in [1.807, 2.05) is 50.3 Å². The van der Waals surface area contributed by atoms with Gasteiger partial charge in [-0.1, -0.05) is 0 Å². The monoisotopic (exact) mass is 394 g/mol. The zero-order valence-corrected chi connectivity index (χ0v) is 14.6. The molecule has 0 radical (unpaired) electrons. The van der Waals surface area contributed by atoms with Crippen molar-refractivity contribution in [3.63, 3.8) is 0 Å². The third-order valence-corrected chi connectivity index (χ3v) is 3.81. The average molecular weight is 394 g/mol. The van der Waals surface area contributed by atoms with E-state index in [0.717, 1.165) is 9.13 Å². The maximum absolute atomic E-state index is 13.1. The molecule has 0 saturated heterocycles. The predicted octanol–water partition coefficient (Wildman–Crippen LogP) is 4.14. The number of hydrogen-bond donors (Lipinski definition) is 0. The number of ether oxygens (including phenoxy) is 1. The van der Waals surface area contributed by atoms with E-state index in [4.69, 9.17) is 4.74 Å². The molecule has 112 valence electrons. The van der Waals surface area contributed by atoms with Gasteiger partial charge >= 0.3 is 6.09 Å². The molecule has 0 aliphatic rings. The summed E-state index contributed by atoms with van der Waals surface area (Å²) in [5, 5.41) is 0. The van der Waals surface area contributed by atoms with Crippen LogP contribution in [0.2, 0.25) is 0 Å². The van der Waals surface area contributed by atoms with Gasteiger partial charge in [0, 0.05) is 26.9 Å². The maximum atomic E-state index is 13.1. The van der Waals surface area contributed by atoms with Crippen LogP contribution in [0.4, 0.5) is 9.18 Å². The van der Waals surface area contributed by atoms with Gasteiger partial charge in [-0.25, -0.2) is 9.78 Å². The molecule has 1 heterocycles. The molecule has 0 N–H and O–H groups in total. The molecule has 20 heavy (non-hydrogen) atoms. The van der Waals surface area contributed by atoms with Gasteiger partial charge in [-0.15, -0.1) is 0 Å². The molecule has 1 amide bonds. The summed E-state index contributed by atoms with van der Waals surface area (Å²) in [5.74, 6) is -0.524. The SMILES string of the molecule is CCOC(=O)N(C(C)c1cnc(F)cc1I)C(C)(C)C. The number of pyridine rings is 1. The molecule has 1 aromatic rings. The number of hydrogen-bond acceptors (Lipinski definition) is 3. The molecule has 0 spiro atoms. The summed E-state index contributed by atoms with van der Waals surface area (Å²) in [6, 6.07) is 1.10. The highest BCUT2D eigenvalue weighted by molar-refractivity contribution is 14.1. The van der Waals surface area contributed by atoms with Crippen LogP contribution in [0.5, 0.6) is 0 Å². The van der Waals surface area contributed by atoms with Crippen LogP contribution in [-0.2, 0) is 4.74 Å². The smallest absolute Gasteiger partial charge is 0.410 e. The van der Waals surface area contributed by atoms with Crippen LogP contribution in [0, 0.1) is 9.52 Å². The van der Waals surface area contributed by atoms with Crippen molar-refractivity contribution >= 4 is 28.7 Å². The first kappa shape index (κ1) is 17.1. The van der Waals surface area contributed by atoms with Crippen LogP contribution < -0.4 is 0 Å². The summed E-state index contributed by atoms with van der Waals surface area (Å²) in [7, 11) is 0. The third kappa shape index (κ3) is 4.04. The highest BCUT2D eigenvalue weighted by Gasteiger charge is 2.33. The Labute approximate surface area is 132 Å². The first-order valence-corrected chi connectivity index (χ1v) is 7.53. The lowest BCUT2D eigenvalue weighted by Crippen LogP contribution is -2.47. The van der Waals surface area contributed by atoms with Crippen LogP contribution in [0.15, 0.2) is 12.3 Å². The molecule has 6 heteroatoms. The van der Waals surface area contributed by atoms with Crippen molar-refractivity contribution in [1.29, 1.82) is 0 Å². The standard InChI is InChI=1S/C14H20FIN2O2/c1-6-20-13(19)18(14(3,4)5)9(2)10-8-17-12(15)7-11(10)16/h7-9H,6H2,1-5H3. The Kier molecular flexibility index (Phi) is 5.73. The van der Waals surface area contributed by atoms with Crippen molar-refractivity contribution in [1.82, 2.24) is 9.88 Å². The summed E-state index contributed by atoms with van der Waals surface area (Å²) in [6.45, 7) is 9.78. The molecule has 1 rings (SSSR count). The van der Waals surface area contributed by atoms with Crippen LogP contribution in [0.25, 0.3) is 0 Å². The van der Waals surface area contributed by atoms with Crippen molar-refractivity contribution in [2.45, 2.75) is 46.2 Å². The number of carbonyl (C=O) groups is 1. The Morgan fingerprint density at radius 1 is 1.55 bits per heavy atom. The van der Waals surface area contributed by atoms with Crippen LogP contribution in [-0.4, -0.2) is 28.1 Å². The van der Waals surface area contributed by atoms with E-state index in [-0.39, 0.29) is 12.1 Å². The largest absolute Gasteiger partial charge is 0.450 e. The molecule has 1 atom stereocenters. The Bertz CT molecular complexity index is 489. The molecule has 0 aliphatic carbocycles. The van der Waals surface area contributed by atoms with Gasteiger partial charge in [-0.3, -0.25) is 4.90 Å². The second kappa shape index (κ2) is 6.69. The van der Waals surface area contributed by atoms with E-state index in [2.05, 4.69) is 4.98 Å². The fourth-order valence-corrected chi connectivity index (χ4v) is 2.92. The van der Waals surface area contributed by atoms with Crippen LogP contribution >= 0.6 is 22.6 Å². The van der Waals surface area contributed by atoms with Gasteiger partial charge in [-0.05, 0) is 57.2 Å². The van der Waals surface area contributed by atoms with Gasteiger partial charge in [-0.2, -0.15) is 4.39 Å². The minimum Gasteiger partial charge on any atom is -0.450 e. The molecule has 0 aliphatic heterocycles. The average Bonchev–Trinajstić information content (AvgIpc) is 2.26. The molecular formula is C14H20FIN2O2. The molecule has 4 nitrogen and oxygen atoms in total. The second-order valence-corrected chi connectivity index (χ2v) is 6.61. The van der Waals surface area contributed by atoms with Crippen molar-refractivity contribution in [2.24, 2.45) is 0 Å². The molecule has 1 aromatic heterocycles. The van der Waals surface area contributed by atoms with E-state index >= 15 is 0 Å². The first-order chi connectivity index (χ1) is 9.18. The van der Waals surface area contributed by atoms with Gasteiger partial charge in [0.1, 0.15) is 0 Å². The summed E-state index contributed by atoms with van der Waals surface area (Å²) >= 11 is 2.05. The molecular weight excluding hydrogens is 374 g/mol. The number of nitrogens with zero attached hydrogens (tertiary/aromatic N) is 2. The second-order valence-electron chi connectivity index (χ2n) is 5.44. The molecule has 1 unspecified atom stereocenters. The van der Waals surface area contributed by atoms with E-state index in [1.54, 1.807) is 11.8 Å². The molecule has 0 aromatic carbocycles. The first-order valence-electron chi connectivity index (χ1n) is 6.45. The van der Waals surface area contributed by atoms with Crippen molar-refractivity contribution in [2.75, 3.05) is 6.61 Å². The third-order valence-electron chi connectivity index (χ3n) is 2.87. The highest BCUT2D eigenvalue weighted by atomic mass is 127. The Balaban J connectivity index is 3.16. The van der Waals surface area contributed by atoms with Crippen molar-refractivity contribution in [3.8, 4) is 0 Å². The summed E-state index contributed by atoms with van der Waals surface area (Å²) < 4.78 is 19.0. The topological polar surface area (TPSA) is 42.4 Å². The van der Waals surface area contributed by atoms with Crippen LogP contribution in [0.3, 0.4) is 0 Å². The van der Waals surface area contributed by atoms with Gasteiger partial charge in [0.2, 0.25) is 5.95 Å². The van der Waals surface area contributed by atoms with Gasteiger partial charge in [0.25, 0.3) is 0 Å². The quantitative estimate of drug-likeness (QED) is 0.572. The number of carbonyl (C=O) groups excluding carboxylic acids is 1. The zero-order valence-electron chi connectivity index (χ0n) is 12.4. The molecule has 0 fully saturated rings. The van der Waals surface area contributed by atoms with E-state index in [0.29, 0.717) is 6.61 Å². The lowest BCUT2D eigenvalue weighted by atomic mass is 10.0. The number of aromatic nitrogens is 1. The summed E-state index contributed by atoms with van der Waals surface area (Å²) in [4.78, 5) is 17.5. The highest BCUT2D eigenvalue weighted by Crippen LogP contribution is 2.31. The lowest BCUT2D eigenvalue weighted by molar-refractivity contribution is 0.0503. The van der Waals surface area contributed by atoms with Crippen molar-refractivity contribution in [3.05, 3.63) is 27.3 Å². The van der Waals surface area contributed by atoms with Gasteiger partial charge in [0.15, 0.2) is 0 Å². The number of rotatable bonds is 3.